The smallest absolute Gasteiger partial charge is 0.251 e. The van der Waals surface area contributed by atoms with Crippen molar-refractivity contribution in [1.29, 1.82) is 5.26 Å². The number of hydrogen-bond acceptors (Lipinski definition) is 8. The van der Waals surface area contributed by atoms with Gasteiger partial charge in [0.05, 0.1) is 36.4 Å². The van der Waals surface area contributed by atoms with E-state index in [0.29, 0.717) is 37.3 Å². The summed E-state index contributed by atoms with van der Waals surface area (Å²) in [4.78, 5) is 25.5. The molecule has 0 unspecified atom stereocenters. The molecule has 3 atom stereocenters. The fourth-order valence-corrected chi connectivity index (χ4v) is 4.04. The van der Waals surface area contributed by atoms with Crippen molar-refractivity contribution in [3.05, 3.63) is 30.2 Å². The summed E-state index contributed by atoms with van der Waals surface area (Å²) in [6.07, 6.45) is 2.43. The third-order valence-electron chi connectivity index (χ3n) is 5.51. The number of nitrogens with one attached hydrogen (secondary N) is 1. The Morgan fingerprint density at radius 3 is 3.03 bits per heavy atom. The van der Waals surface area contributed by atoms with Crippen LogP contribution in [0.2, 0.25) is 0 Å². The van der Waals surface area contributed by atoms with E-state index >= 15 is 0 Å². The van der Waals surface area contributed by atoms with Gasteiger partial charge >= 0.3 is 0 Å². The van der Waals surface area contributed by atoms with Crippen molar-refractivity contribution >= 4 is 22.5 Å². The molecule has 9 heteroatoms. The topological polar surface area (TPSA) is 104 Å². The molecule has 1 N–H and O–H groups in total. The summed E-state index contributed by atoms with van der Waals surface area (Å²) in [5, 5.41) is 13.1. The van der Waals surface area contributed by atoms with Crippen LogP contribution in [0.15, 0.2) is 24.7 Å². The van der Waals surface area contributed by atoms with Crippen molar-refractivity contribution in [3.8, 4) is 6.07 Å². The van der Waals surface area contributed by atoms with Gasteiger partial charge < -0.3 is 24.6 Å². The number of hydrogen-bond donors (Lipinski definition) is 1. The van der Waals surface area contributed by atoms with E-state index in [1.807, 2.05) is 20.0 Å². The van der Waals surface area contributed by atoms with Crippen LogP contribution in [0.1, 0.15) is 12.5 Å². The zero-order valence-electron chi connectivity index (χ0n) is 17.2. The van der Waals surface area contributed by atoms with Crippen LogP contribution in [0, 0.1) is 11.3 Å². The van der Waals surface area contributed by atoms with Crippen molar-refractivity contribution in [2.45, 2.75) is 25.2 Å². The molecule has 1 aromatic carbocycles. The predicted octanol–water partition coefficient (Wildman–Crippen LogP) is 0.542. The van der Waals surface area contributed by atoms with Gasteiger partial charge in [0, 0.05) is 43.4 Å². The van der Waals surface area contributed by atoms with E-state index in [-0.39, 0.29) is 18.1 Å². The van der Waals surface area contributed by atoms with Crippen molar-refractivity contribution < 1.29 is 14.3 Å². The van der Waals surface area contributed by atoms with Crippen LogP contribution in [0.4, 0.5) is 5.69 Å². The van der Waals surface area contributed by atoms with Crippen molar-refractivity contribution in [2.75, 3.05) is 51.3 Å². The molecule has 0 aliphatic carbocycles. The van der Waals surface area contributed by atoms with Crippen LogP contribution < -0.4 is 10.2 Å². The van der Waals surface area contributed by atoms with Crippen LogP contribution in [-0.4, -0.2) is 85.5 Å². The number of amides is 1. The van der Waals surface area contributed by atoms with Crippen LogP contribution in [0.5, 0.6) is 0 Å². The summed E-state index contributed by atoms with van der Waals surface area (Å²) in [7, 11) is 2.05. The monoisotopic (exact) mass is 410 g/mol. The number of fused-ring (bicyclic) bond motifs is 1. The molecule has 30 heavy (non-hydrogen) atoms. The maximum absolute atomic E-state index is 12.8. The first kappa shape index (κ1) is 20.5. The van der Waals surface area contributed by atoms with Gasteiger partial charge in [0.25, 0.3) is 5.91 Å². The van der Waals surface area contributed by atoms with Gasteiger partial charge in [-0.15, -0.1) is 0 Å². The maximum atomic E-state index is 12.8. The second-order valence-electron chi connectivity index (χ2n) is 7.87. The highest BCUT2D eigenvalue weighted by Gasteiger charge is 2.32. The molecule has 2 aliphatic rings. The number of likely N-dealkylation sites (N-methyl/N-ethyl adjacent to an activating group) is 1. The highest BCUT2D eigenvalue weighted by molar-refractivity contribution is 5.95. The Morgan fingerprint density at radius 2 is 2.23 bits per heavy atom. The summed E-state index contributed by atoms with van der Waals surface area (Å²) < 4.78 is 11.6. The SMILES string of the molecule is C[C@@H]1CN(c2ccc(C#N)c3ncncc23)C[C@H](C(=O)NC[C@H]2CN(C)CCO2)O1. The largest absolute Gasteiger partial charge is 0.374 e. The minimum absolute atomic E-state index is 0.00978. The molecule has 0 saturated carbocycles. The standard InChI is InChI=1S/C21H26N6O3/c1-14-10-27(18-4-3-15(7-22)20-17(18)9-23-13-25-20)12-19(30-14)21(28)24-8-16-11-26(2)5-6-29-16/h3-4,9,13-14,16,19H,5-6,8,10-12H2,1-2H3,(H,24,28)/t14-,16+,19-/m1/s1. The molecule has 9 nitrogen and oxygen atoms in total. The summed E-state index contributed by atoms with van der Waals surface area (Å²) in [6, 6.07) is 5.83. The number of carbonyl (C=O) groups excluding carboxylic acids is 1. The normalized spacial score (nSPS) is 25.1. The van der Waals surface area contributed by atoms with E-state index in [0.717, 1.165) is 24.2 Å². The number of ether oxygens (including phenoxy) is 2. The molecule has 1 amide bonds. The fourth-order valence-electron chi connectivity index (χ4n) is 4.04. The van der Waals surface area contributed by atoms with E-state index in [1.54, 1.807) is 12.3 Å². The zero-order chi connectivity index (χ0) is 21.1. The summed E-state index contributed by atoms with van der Waals surface area (Å²) in [5.74, 6) is -0.141. The third kappa shape index (κ3) is 4.36. The Bertz CT molecular complexity index is 961. The van der Waals surface area contributed by atoms with Gasteiger partial charge in [0.15, 0.2) is 6.10 Å². The summed E-state index contributed by atoms with van der Waals surface area (Å²) >= 11 is 0. The quantitative estimate of drug-likeness (QED) is 0.779. The molecular formula is C21H26N6O3. The minimum atomic E-state index is -0.592. The van der Waals surface area contributed by atoms with E-state index in [9.17, 15) is 10.1 Å². The average molecular weight is 410 g/mol. The Balaban J connectivity index is 1.48. The predicted molar refractivity (Wildman–Crippen MR) is 111 cm³/mol. The van der Waals surface area contributed by atoms with E-state index in [1.165, 1.54) is 6.33 Å². The van der Waals surface area contributed by atoms with Gasteiger partial charge in [-0.1, -0.05) is 0 Å². The molecule has 2 aliphatic heterocycles. The number of anilines is 1. The number of carbonyl (C=O) groups is 1. The molecule has 0 spiro atoms. The first-order chi connectivity index (χ1) is 14.5. The number of nitriles is 1. The number of rotatable bonds is 4. The molecule has 3 heterocycles. The van der Waals surface area contributed by atoms with Gasteiger partial charge in [-0.25, -0.2) is 9.97 Å². The number of morpholine rings is 2. The lowest BCUT2D eigenvalue weighted by atomic mass is 10.1. The highest BCUT2D eigenvalue weighted by atomic mass is 16.5. The first-order valence-electron chi connectivity index (χ1n) is 10.2. The van der Waals surface area contributed by atoms with Crippen LogP contribution in [0.3, 0.4) is 0 Å². The Morgan fingerprint density at radius 1 is 1.37 bits per heavy atom. The third-order valence-corrected chi connectivity index (χ3v) is 5.51. The van der Waals surface area contributed by atoms with Crippen molar-refractivity contribution in [3.63, 3.8) is 0 Å². The second kappa shape index (κ2) is 8.92. The van der Waals surface area contributed by atoms with Gasteiger partial charge in [-0.05, 0) is 26.1 Å². The van der Waals surface area contributed by atoms with Crippen molar-refractivity contribution in [1.82, 2.24) is 20.2 Å². The van der Waals surface area contributed by atoms with Gasteiger partial charge in [-0.3, -0.25) is 4.79 Å². The molecule has 2 fully saturated rings. The zero-order valence-corrected chi connectivity index (χ0v) is 17.2. The molecule has 0 bridgehead atoms. The van der Waals surface area contributed by atoms with E-state index < -0.39 is 6.10 Å². The van der Waals surface area contributed by atoms with Crippen molar-refractivity contribution in [2.24, 2.45) is 0 Å². The van der Waals surface area contributed by atoms with E-state index in [4.69, 9.17) is 9.47 Å². The molecule has 1 aromatic heterocycles. The second-order valence-corrected chi connectivity index (χ2v) is 7.87. The lowest BCUT2D eigenvalue weighted by molar-refractivity contribution is -0.138. The Hall–Kier alpha value is -2.80. The lowest BCUT2D eigenvalue weighted by Gasteiger charge is -2.38. The molecular weight excluding hydrogens is 384 g/mol. The summed E-state index contributed by atoms with van der Waals surface area (Å²) in [5.41, 5.74) is 2.02. The Kier molecular flexibility index (Phi) is 6.08. The number of aromatic nitrogens is 2. The molecule has 2 saturated heterocycles. The molecule has 158 valence electrons. The highest BCUT2D eigenvalue weighted by Crippen LogP contribution is 2.29. The van der Waals surface area contributed by atoms with Crippen LogP contribution in [-0.2, 0) is 14.3 Å². The van der Waals surface area contributed by atoms with Crippen LogP contribution >= 0.6 is 0 Å². The van der Waals surface area contributed by atoms with Gasteiger partial charge in [0.1, 0.15) is 12.4 Å². The summed E-state index contributed by atoms with van der Waals surface area (Å²) in [6.45, 7) is 5.85. The fraction of sp³-hybridized carbons (Fsp3) is 0.524. The van der Waals surface area contributed by atoms with E-state index in [2.05, 4.69) is 31.2 Å². The first-order valence-corrected chi connectivity index (χ1v) is 10.2. The van der Waals surface area contributed by atoms with Crippen LogP contribution in [0.25, 0.3) is 10.9 Å². The lowest BCUT2D eigenvalue weighted by Crippen LogP contribution is -2.54. The number of nitrogens with zero attached hydrogens (tertiary/aromatic N) is 5. The minimum Gasteiger partial charge on any atom is -0.374 e. The average Bonchev–Trinajstić information content (AvgIpc) is 2.76. The molecule has 4 rings (SSSR count). The number of benzene rings is 1. The van der Waals surface area contributed by atoms with Gasteiger partial charge in [0.2, 0.25) is 0 Å². The van der Waals surface area contributed by atoms with Gasteiger partial charge in [-0.2, -0.15) is 5.26 Å². The molecule has 0 radical (unpaired) electrons. The molecule has 2 aromatic rings. The maximum Gasteiger partial charge on any atom is 0.251 e. The Labute approximate surface area is 175 Å².